The van der Waals surface area contributed by atoms with E-state index in [2.05, 4.69) is 26.2 Å². The lowest BCUT2D eigenvalue weighted by atomic mass is 10.2. The van der Waals surface area contributed by atoms with Crippen molar-refractivity contribution in [1.82, 2.24) is 25.5 Å². The molecule has 9 heteroatoms. The lowest BCUT2D eigenvalue weighted by molar-refractivity contribution is 0.252. The molecule has 3 rings (SSSR count). The fraction of sp³-hybridized carbons (Fsp3) is 0.250. The van der Waals surface area contributed by atoms with Gasteiger partial charge in [0.2, 0.25) is 0 Å². The number of anilines is 1. The van der Waals surface area contributed by atoms with Crippen molar-refractivity contribution in [3.05, 3.63) is 45.9 Å². The average Bonchev–Trinajstić information content (AvgIpc) is 3.21. The number of thiophene rings is 1. The molecule has 8 nitrogen and oxygen atoms in total. The van der Waals surface area contributed by atoms with Crippen LogP contribution in [0.15, 0.2) is 30.3 Å². The Labute approximate surface area is 148 Å². The molecule has 2 N–H and O–H groups in total. The van der Waals surface area contributed by atoms with Crippen molar-refractivity contribution < 1.29 is 9.53 Å². The highest BCUT2D eigenvalue weighted by Gasteiger charge is 2.12. The molecule has 0 fully saturated rings. The minimum absolute atomic E-state index is 0.282. The van der Waals surface area contributed by atoms with Gasteiger partial charge in [0.05, 0.1) is 13.7 Å². The smallest absolute Gasteiger partial charge is 0.319 e. The second-order valence-corrected chi connectivity index (χ2v) is 6.72. The molecule has 0 aliphatic heterocycles. The summed E-state index contributed by atoms with van der Waals surface area (Å²) < 4.78 is 6.90. The molecule has 0 atom stereocenters. The number of ether oxygens (including phenoxy) is 1. The van der Waals surface area contributed by atoms with Gasteiger partial charge in [0.15, 0.2) is 5.82 Å². The largest absolute Gasteiger partial charge is 0.494 e. The van der Waals surface area contributed by atoms with E-state index in [-0.39, 0.29) is 6.03 Å². The van der Waals surface area contributed by atoms with Crippen LogP contribution in [0.25, 0.3) is 5.69 Å². The number of carbonyl (C=O) groups excluding carboxylic acids is 1. The number of hydrogen-bond acceptors (Lipinski definition) is 6. The van der Waals surface area contributed by atoms with Gasteiger partial charge in [-0.25, -0.2) is 4.79 Å². The lowest BCUT2D eigenvalue weighted by Crippen LogP contribution is -2.27. The van der Waals surface area contributed by atoms with Crippen LogP contribution in [-0.4, -0.2) is 33.3 Å². The highest BCUT2D eigenvalue weighted by Crippen LogP contribution is 2.26. The summed E-state index contributed by atoms with van der Waals surface area (Å²) in [5.41, 5.74) is 1.27. The van der Waals surface area contributed by atoms with Gasteiger partial charge >= 0.3 is 6.03 Å². The molecule has 0 saturated heterocycles. The molecule has 0 spiro atoms. The van der Waals surface area contributed by atoms with Gasteiger partial charge in [-0.1, -0.05) is 0 Å². The zero-order valence-electron chi connectivity index (χ0n) is 14.1. The normalized spacial score (nSPS) is 10.5. The number of nitrogens with one attached hydrogen (secondary N) is 2. The molecule has 130 valence electrons. The number of aryl methyl sites for hydroxylation is 2. The summed E-state index contributed by atoms with van der Waals surface area (Å²) in [6.45, 7) is 4.31. The van der Waals surface area contributed by atoms with Gasteiger partial charge in [-0.3, -0.25) is 0 Å². The van der Waals surface area contributed by atoms with E-state index in [0.717, 1.165) is 4.88 Å². The molecule has 25 heavy (non-hydrogen) atoms. The van der Waals surface area contributed by atoms with Crippen molar-refractivity contribution in [1.29, 1.82) is 0 Å². The molecule has 0 unspecified atom stereocenters. The quantitative estimate of drug-likeness (QED) is 0.731. The zero-order valence-corrected chi connectivity index (χ0v) is 14.9. The van der Waals surface area contributed by atoms with Crippen LogP contribution in [0.5, 0.6) is 5.75 Å². The molecule has 0 radical (unpaired) electrons. The number of rotatable bonds is 5. The standard InChI is InChI=1S/C16H18N6O2S/c1-10-4-6-13(25-10)9-17-16(23)18-12-5-7-15(24-3)14(8-12)22-11(2)19-20-21-22/h4-8H,9H2,1-3H3,(H2,17,18,23). The number of aromatic nitrogens is 4. The number of tetrazole rings is 1. The highest BCUT2D eigenvalue weighted by atomic mass is 32.1. The van der Waals surface area contributed by atoms with Crippen LogP contribution in [0.2, 0.25) is 0 Å². The maximum absolute atomic E-state index is 12.1. The van der Waals surface area contributed by atoms with Crippen LogP contribution >= 0.6 is 11.3 Å². The number of methoxy groups -OCH3 is 1. The summed E-state index contributed by atoms with van der Waals surface area (Å²) in [6.07, 6.45) is 0. The van der Waals surface area contributed by atoms with Crippen LogP contribution in [0, 0.1) is 13.8 Å². The maximum atomic E-state index is 12.1. The van der Waals surface area contributed by atoms with E-state index in [1.165, 1.54) is 4.88 Å². The van der Waals surface area contributed by atoms with Crippen molar-refractivity contribution in [2.24, 2.45) is 0 Å². The average molecular weight is 358 g/mol. The number of hydrogen-bond donors (Lipinski definition) is 2. The number of benzene rings is 1. The summed E-state index contributed by atoms with van der Waals surface area (Å²) in [5, 5.41) is 17.1. The molecule has 1 aromatic carbocycles. The van der Waals surface area contributed by atoms with Crippen LogP contribution in [0.1, 0.15) is 15.6 Å². The molecular weight excluding hydrogens is 340 g/mol. The predicted molar refractivity (Wildman–Crippen MR) is 95.4 cm³/mol. The summed E-state index contributed by atoms with van der Waals surface area (Å²) in [5.74, 6) is 1.23. The summed E-state index contributed by atoms with van der Waals surface area (Å²) in [6, 6.07) is 9.04. The number of amides is 2. The Kier molecular flexibility index (Phi) is 4.94. The number of carbonyl (C=O) groups is 1. The SMILES string of the molecule is COc1ccc(NC(=O)NCc2ccc(C)s2)cc1-n1nnnc1C. The van der Waals surface area contributed by atoms with E-state index < -0.39 is 0 Å². The van der Waals surface area contributed by atoms with Crippen molar-refractivity contribution in [2.45, 2.75) is 20.4 Å². The fourth-order valence-electron chi connectivity index (χ4n) is 2.31. The monoisotopic (exact) mass is 358 g/mol. The number of nitrogens with zero attached hydrogens (tertiary/aromatic N) is 4. The first kappa shape index (κ1) is 16.9. The Balaban J connectivity index is 1.72. The minimum Gasteiger partial charge on any atom is -0.494 e. The van der Waals surface area contributed by atoms with Crippen molar-refractivity contribution in [3.63, 3.8) is 0 Å². The van der Waals surface area contributed by atoms with Crippen LogP contribution in [0.4, 0.5) is 10.5 Å². The van der Waals surface area contributed by atoms with E-state index in [1.54, 1.807) is 48.3 Å². The minimum atomic E-state index is -0.282. The molecule has 0 bridgehead atoms. The molecule has 0 aliphatic carbocycles. The van der Waals surface area contributed by atoms with Gasteiger partial charge in [0.1, 0.15) is 11.4 Å². The van der Waals surface area contributed by atoms with Crippen LogP contribution in [-0.2, 0) is 6.54 Å². The van der Waals surface area contributed by atoms with Gasteiger partial charge < -0.3 is 15.4 Å². The summed E-state index contributed by atoms with van der Waals surface area (Å²) in [7, 11) is 1.57. The molecular formula is C16H18N6O2S. The predicted octanol–water partition coefficient (Wildman–Crippen LogP) is 2.67. The van der Waals surface area contributed by atoms with Crippen molar-refractivity contribution >= 4 is 23.1 Å². The third kappa shape index (κ3) is 3.94. The fourth-order valence-corrected chi connectivity index (χ4v) is 3.14. The first-order valence-corrected chi connectivity index (χ1v) is 8.42. The second kappa shape index (κ2) is 7.31. The zero-order chi connectivity index (χ0) is 17.8. The van der Waals surface area contributed by atoms with Gasteiger partial charge in [0, 0.05) is 15.4 Å². The summed E-state index contributed by atoms with van der Waals surface area (Å²) >= 11 is 1.66. The first-order chi connectivity index (χ1) is 12.1. The van der Waals surface area contributed by atoms with E-state index >= 15 is 0 Å². The van der Waals surface area contributed by atoms with Crippen LogP contribution in [0.3, 0.4) is 0 Å². The van der Waals surface area contributed by atoms with E-state index in [4.69, 9.17) is 4.74 Å². The molecule has 3 aromatic rings. The molecule has 2 heterocycles. The van der Waals surface area contributed by atoms with E-state index in [0.29, 0.717) is 29.5 Å². The van der Waals surface area contributed by atoms with Crippen molar-refractivity contribution in [2.75, 3.05) is 12.4 Å². The highest BCUT2D eigenvalue weighted by molar-refractivity contribution is 7.11. The lowest BCUT2D eigenvalue weighted by Gasteiger charge is -2.12. The van der Waals surface area contributed by atoms with Crippen molar-refractivity contribution in [3.8, 4) is 11.4 Å². The second-order valence-electron chi connectivity index (χ2n) is 5.34. The topological polar surface area (TPSA) is 94.0 Å². The molecule has 2 amide bonds. The van der Waals surface area contributed by atoms with Gasteiger partial charge in [-0.15, -0.1) is 16.4 Å². The Hall–Kier alpha value is -2.94. The van der Waals surface area contributed by atoms with E-state index in [9.17, 15) is 4.79 Å². The van der Waals surface area contributed by atoms with Crippen LogP contribution < -0.4 is 15.4 Å². The third-order valence-electron chi connectivity index (χ3n) is 3.51. The number of urea groups is 1. The van der Waals surface area contributed by atoms with Gasteiger partial charge in [-0.2, -0.15) is 4.68 Å². The molecule has 0 saturated carbocycles. The van der Waals surface area contributed by atoms with E-state index in [1.807, 2.05) is 19.1 Å². The third-order valence-corrected chi connectivity index (χ3v) is 4.51. The Bertz CT molecular complexity index is 888. The Morgan fingerprint density at radius 2 is 2.12 bits per heavy atom. The van der Waals surface area contributed by atoms with Gasteiger partial charge in [0.25, 0.3) is 0 Å². The molecule has 0 aliphatic rings. The maximum Gasteiger partial charge on any atom is 0.319 e. The summed E-state index contributed by atoms with van der Waals surface area (Å²) in [4.78, 5) is 14.4. The first-order valence-electron chi connectivity index (χ1n) is 7.60. The Morgan fingerprint density at radius 3 is 2.76 bits per heavy atom. The molecule has 2 aromatic heterocycles. The Morgan fingerprint density at radius 1 is 1.28 bits per heavy atom. The van der Waals surface area contributed by atoms with Gasteiger partial charge in [-0.05, 0) is 54.6 Å².